The van der Waals surface area contributed by atoms with Crippen molar-refractivity contribution in [3.05, 3.63) is 29.8 Å². The van der Waals surface area contributed by atoms with Gasteiger partial charge in [-0.15, -0.1) is 4.83 Å². The first-order valence-electron chi connectivity index (χ1n) is 7.53. The number of sulfone groups is 1. The van der Waals surface area contributed by atoms with Gasteiger partial charge in [0.1, 0.15) is 0 Å². The van der Waals surface area contributed by atoms with Crippen molar-refractivity contribution < 1.29 is 21.6 Å². The monoisotopic (exact) mass is 374 g/mol. The maximum atomic E-state index is 12.2. The van der Waals surface area contributed by atoms with Crippen LogP contribution in [0.5, 0.6) is 0 Å². The third-order valence-electron chi connectivity index (χ3n) is 3.94. The lowest BCUT2D eigenvalue weighted by atomic mass is 9.87. The van der Waals surface area contributed by atoms with E-state index in [-0.39, 0.29) is 28.2 Å². The molecule has 134 valence electrons. The topological polar surface area (TPSA) is 109 Å². The maximum Gasteiger partial charge on any atom is 0.257 e. The van der Waals surface area contributed by atoms with E-state index in [1.165, 1.54) is 12.1 Å². The summed E-state index contributed by atoms with van der Waals surface area (Å²) in [7, 11) is -7.11. The summed E-state index contributed by atoms with van der Waals surface area (Å²) in [6.07, 6.45) is 0.205. The molecular weight excluding hydrogens is 352 g/mol. The summed E-state index contributed by atoms with van der Waals surface area (Å²) >= 11 is 0. The molecule has 1 aromatic rings. The second-order valence-electron chi connectivity index (χ2n) is 6.97. The van der Waals surface area contributed by atoms with E-state index in [9.17, 15) is 21.6 Å². The van der Waals surface area contributed by atoms with Gasteiger partial charge in [0.25, 0.3) is 10.0 Å². The van der Waals surface area contributed by atoms with E-state index < -0.39 is 31.7 Å². The van der Waals surface area contributed by atoms with Crippen LogP contribution in [0.15, 0.2) is 29.2 Å². The van der Waals surface area contributed by atoms with Gasteiger partial charge in [-0.3, -0.25) is 10.2 Å². The zero-order valence-electron chi connectivity index (χ0n) is 13.9. The van der Waals surface area contributed by atoms with Crippen molar-refractivity contribution in [1.29, 1.82) is 0 Å². The molecule has 1 amide bonds. The molecule has 1 aromatic carbocycles. The van der Waals surface area contributed by atoms with Crippen molar-refractivity contribution >= 4 is 25.8 Å². The summed E-state index contributed by atoms with van der Waals surface area (Å²) in [5.41, 5.74) is 2.99. The van der Waals surface area contributed by atoms with Crippen LogP contribution in [0.1, 0.15) is 32.8 Å². The molecule has 1 atom stereocenters. The highest BCUT2D eigenvalue weighted by atomic mass is 32.2. The lowest BCUT2D eigenvalue weighted by Crippen LogP contribution is -2.44. The van der Waals surface area contributed by atoms with Crippen molar-refractivity contribution in [3.8, 4) is 0 Å². The molecule has 1 heterocycles. The molecule has 0 bridgehead atoms. The zero-order chi connectivity index (χ0) is 18.2. The predicted octanol–water partition coefficient (Wildman–Crippen LogP) is 0.728. The summed E-state index contributed by atoms with van der Waals surface area (Å²) in [5.74, 6) is -1.65. The third-order valence-corrected chi connectivity index (χ3v) is 6.97. The number of hydrogen-bond acceptors (Lipinski definition) is 5. The van der Waals surface area contributed by atoms with E-state index in [2.05, 4.69) is 5.43 Å². The number of nitrogens with one attached hydrogen (secondary N) is 2. The lowest BCUT2D eigenvalue weighted by molar-refractivity contribution is -0.124. The summed E-state index contributed by atoms with van der Waals surface area (Å²) in [6.45, 7) is 6.06. The molecular formula is C15H22N2O5S2. The van der Waals surface area contributed by atoms with Crippen molar-refractivity contribution in [3.63, 3.8) is 0 Å². The summed E-state index contributed by atoms with van der Waals surface area (Å²) in [4.78, 5) is 13.9. The largest absolute Gasteiger partial charge is 0.277 e. The first-order chi connectivity index (χ1) is 10.9. The highest BCUT2D eigenvalue weighted by molar-refractivity contribution is 7.91. The van der Waals surface area contributed by atoms with Gasteiger partial charge in [-0.05, 0) is 29.5 Å². The molecule has 2 N–H and O–H groups in total. The minimum atomic E-state index is -3.91. The predicted molar refractivity (Wildman–Crippen MR) is 90.4 cm³/mol. The Balaban J connectivity index is 2.02. The van der Waals surface area contributed by atoms with Crippen molar-refractivity contribution in [2.45, 2.75) is 37.5 Å². The SMILES string of the molecule is CC(C)(C)c1ccc(S(=O)(=O)NNC(=O)[C@H]2CCS(=O)(=O)C2)cc1. The normalized spacial score (nSPS) is 20.7. The van der Waals surface area contributed by atoms with Gasteiger partial charge in [-0.1, -0.05) is 32.9 Å². The minimum absolute atomic E-state index is 0.0230. The maximum absolute atomic E-state index is 12.2. The summed E-state index contributed by atoms with van der Waals surface area (Å²) in [6, 6.07) is 6.38. The molecule has 0 spiro atoms. The number of carbonyl (C=O) groups excluding carboxylic acids is 1. The van der Waals surface area contributed by atoms with Gasteiger partial charge in [-0.2, -0.15) is 0 Å². The smallest absolute Gasteiger partial charge is 0.257 e. The van der Waals surface area contributed by atoms with Gasteiger partial charge in [-0.25, -0.2) is 16.8 Å². The van der Waals surface area contributed by atoms with Gasteiger partial charge in [0.05, 0.1) is 22.3 Å². The molecule has 0 radical (unpaired) electrons. The number of benzene rings is 1. The Hall–Kier alpha value is -1.45. The average Bonchev–Trinajstić information content (AvgIpc) is 2.84. The molecule has 24 heavy (non-hydrogen) atoms. The van der Waals surface area contributed by atoms with Crippen molar-refractivity contribution in [2.75, 3.05) is 11.5 Å². The van der Waals surface area contributed by atoms with E-state index in [1.807, 2.05) is 25.6 Å². The zero-order valence-corrected chi connectivity index (χ0v) is 15.5. The van der Waals surface area contributed by atoms with Gasteiger partial charge >= 0.3 is 0 Å². The molecule has 0 aromatic heterocycles. The van der Waals surface area contributed by atoms with Crippen LogP contribution < -0.4 is 10.3 Å². The van der Waals surface area contributed by atoms with Gasteiger partial charge in [0.2, 0.25) is 5.91 Å². The molecule has 7 nitrogen and oxygen atoms in total. The first kappa shape index (κ1) is 18.9. The number of sulfonamides is 1. The average molecular weight is 374 g/mol. The molecule has 0 aliphatic carbocycles. The second-order valence-corrected chi connectivity index (χ2v) is 10.9. The van der Waals surface area contributed by atoms with Gasteiger partial charge in [0.15, 0.2) is 9.84 Å². The Labute approximate surface area is 142 Å². The Bertz CT molecular complexity index is 822. The molecule has 9 heteroatoms. The lowest BCUT2D eigenvalue weighted by Gasteiger charge is -2.19. The number of amides is 1. The molecule has 0 saturated carbocycles. The highest BCUT2D eigenvalue weighted by Crippen LogP contribution is 2.23. The van der Waals surface area contributed by atoms with Crippen molar-refractivity contribution in [2.24, 2.45) is 5.92 Å². The van der Waals surface area contributed by atoms with E-state index in [0.717, 1.165) is 5.56 Å². The van der Waals surface area contributed by atoms with Crippen LogP contribution in [-0.2, 0) is 30.1 Å². The molecule has 0 unspecified atom stereocenters. The van der Waals surface area contributed by atoms with Crippen LogP contribution >= 0.6 is 0 Å². The minimum Gasteiger partial charge on any atom is -0.277 e. The number of hydrogen-bond donors (Lipinski definition) is 2. The van der Waals surface area contributed by atoms with E-state index in [1.54, 1.807) is 12.1 Å². The second kappa shape index (κ2) is 6.45. The summed E-state index contributed by atoms with van der Waals surface area (Å²) < 4.78 is 47.1. The van der Waals surface area contributed by atoms with Crippen LogP contribution in [0.4, 0.5) is 0 Å². The van der Waals surface area contributed by atoms with Crippen LogP contribution in [0.25, 0.3) is 0 Å². The van der Waals surface area contributed by atoms with Crippen LogP contribution in [0.3, 0.4) is 0 Å². The first-order valence-corrected chi connectivity index (χ1v) is 10.8. The fourth-order valence-electron chi connectivity index (χ4n) is 2.41. The number of rotatable bonds is 4. The Morgan fingerprint density at radius 1 is 1.17 bits per heavy atom. The highest BCUT2D eigenvalue weighted by Gasteiger charge is 2.33. The Kier molecular flexibility index (Phi) is 5.08. The Morgan fingerprint density at radius 3 is 2.21 bits per heavy atom. The van der Waals surface area contributed by atoms with E-state index in [0.29, 0.717) is 0 Å². The van der Waals surface area contributed by atoms with Gasteiger partial charge < -0.3 is 0 Å². The number of carbonyl (C=O) groups is 1. The molecule has 2 rings (SSSR count). The molecule has 1 aliphatic heterocycles. The fourth-order valence-corrected chi connectivity index (χ4v) is 5.00. The molecule has 1 fully saturated rings. The fraction of sp³-hybridized carbons (Fsp3) is 0.533. The third kappa shape index (κ3) is 4.55. The van der Waals surface area contributed by atoms with Crippen LogP contribution in [0, 0.1) is 5.92 Å². The standard InChI is InChI=1S/C15H22N2O5S2/c1-15(2,3)12-4-6-13(7-5-12)24(21,22)17-16-14(18)11-8-9-23(19,20)10-11/h4-7,11,17H,8-10H2,1-3H3,(H,16,18)/t11-/m0/s1. The summed E-state index contributed by atoms with van der Waals surface area (Å²) in [5, 5.41) is 0. The van der Waals surface area contributed by atoms with Crippen LogP contribution in [-0.4, -0.2) is 34.2 Å². The van der Waals surface area contributed by atoms with E-state index >= 15 is 0 Å². The van der Waals surface area contributed by atoms with Crippen molar-refractivity contribution in [1.82, 2.24) is 10.3 Å². The molecule has 1 aliphatic rings. The molecule has 1 saturated heterocycles. The van der Waals surface area contributed by atoms with Gasteiger partial charge in [0, 0.05) is 0 Å². The quantitative estimate of drug-likeness (QED) is 0.755. The van der Waals surface area contributed by atoms with E-state index in [4.69, 9.17) is 0 Å². The Morgan fingerprint density at radius 2 is 1.75 bits per heavy atom. The number of hydrazine groups is 1. The van der Waals surface area contributed by atoms with Crippen LogP contribution in [0.2, 0.25) is 0 Å².